The average Bonchev–Trinajstić information content (AvgIpc) is 2.29. The number of halogens is 5. The lowest BCUT2D eigenvalue weighted by Gasteiger charge is -2.08. The van der Waals surface area contributed by atoms with Crippen LogP contribution in [0.2, 0.25) is 25.1 Å². The highest BCUT2D eigenvalue weighted by Crippen LogP contribution is 2.41. The Morgan fingerprint density at radius 1 is 0.611 bits per heavy atom. The molecule has 0 saturated heterocycles. The summed E-state index contributed by atoms with van der Waals surface area (Å²) in [6, 6.07) is 8.59. The van der Waals surface area contributed by atoms with Crippen molar-refractivity contribution in [1.29, 1.82) is 0 Å². The topological polar surface area (TPSA) is 0 Å². The quantitative estimate of drug-likeness (QED) is 0.516. The summed E-state index contributed by atoms with van der Waals surface area (Å²) in [4.78, 5) is 1.64. The Kier molecular flexibility index (Phi) is 4.99. The molecule has 2 rings (SSSR count). The normalized spacial score (nSPS) is 10.7. The summed E-state index contributed by atoms with van der Waals surface area (Å²) in [6.07, 6.45) is 0. The monoisotopic (exact) mass is 356 g/mol. The molecule has 0 aliphatic rings. The van der Waals surface area contributed by atoms with Gasteiger partial charge >= 0.3 is 0 Å². The second kappa shape index (κ2) is 6.13. The van der Waals surface area contributed by atoms with Crippen molar-refractivity contribution in [1.82, 2.24) is 0 Å². The molecule has 18 heavy (non-hydrogen) atoms. The van der Waals surface area contributed by atoms with Crippen molar-refractivity contribution in [2.24, 2.45) is 0 Å². The molecule has 0 radical (unpaired) electrons. The Labute approximate surface area is 134 Å². The van der Waals surface area contributed by atoms with Crippen molar-refractivity contribution in [3.63, 3.8) is 0 Å². The van der Waals surface area contributed by atoms with Gasteiger partial charge in [0.25, 0.3) is 0 Å². The Morgan fingerprint density at radius 3 is 1.89 bits per heavy atom. The summed E-state index contributed by atoms with van der Waals surface area (Å²) in [7, 11) is 0. The SMILES string of the molecule is Clc1ccc(Sc2cc(Cl)c(Cl)cc2Cl)c(Cl)c1. The highest BCUT2D eigenvalue weighted by atomic mass is 35.5. The zero-order valence-corrected chi connectivity index (χ0v) is 13.3. The molecule has 0 nitrogen and oxygen atoms in total. The van der Waals surface area contributed by atoms with E-state index in [0.717, 1.165) is 9.79 Å². The van der Waals surface area contributed by atoms with Gasteiger partial charge in [-0.1, -0.05) is 69.8 Å². The maximum absolute atomic E-state index is 6.10. The van der Waals surface area contributed by atoms with Crippen LogP contribution >= 0.6 is 69.8 Å². The predicted molar refractivity (Wildman–Crippen MR) is 82.1 cm³/mol. The fourth-order valence-corrected chi connectivity index (χ4v) is 3.37. The van der Waals surface area contributed by atoms with Gasteiger partial charge in [0, 0.05) is 14.8 Å². The van der Waals surface area contributed by atoms with E-state index in [0.29, 0.717) is 25.1 Å². The fourth-order valence-electron chi connectivity index (χ4n) is 1.26. The molecular weight excluding hydrogens is 353 g/mol. The molecule has 0 N–H and O–H groups in total. The van der Waals surface area contributed by atoms with E-state index in [2.05, 4.69) is 0 Å². The molecule has 0 aliphatic carbocycles. The molecule has 0 bridgehead atoms. The second-order valence-electron chi connectivity index (χ2n) is 3.37. The molecule has 2 aromatic rings. The second-order valence-corrected chi connectivity index (χ2v) is 6.52. The van der Waals surface area contributed by atoms with E-state index in [9.17, 15) is 0 Å². The molecule has 6 heteroatoms. The minimum Gasteiger partial charge on any atom is -0.0869 e. The highest BCUT2D eigenvalue weighted by Gasteiger charge is 2.10. The van der Waals surface area contributed by atoms with Crippen LogP contribution in [0.4, 0.5) is 0 Å². The predicted octanol–water partition coefficient (Wildman–Crippen LogP) is 7.10. The minimum atomic E-state index is 0.424. The lowest BCUT2D eigenvalue weighted by Crippen LogP contribution is -1.79. The van der Waals surface area contributed by atoms with Crippen molar-refractivity contribution < 1.29 is 0 Å². The van der Waals surface area contributed by atoms with Crippen LogP contribution in [0.1, 0.15) is 0 Å². The van der Waals surface area contributed by atoms with Crippen LogP contribution in [0, 0.1) is 0 Å². The van der Waals surface area contributed by atoms with Gasteiger partial charge < -0.3 is 0 Å². The first kappa shape index (κ1) is 14.6. The van der Waals surface area contributed by atoms with E-state index in [1.165, 1.54) is 11.8 Å². The van der Waals surface area contributed by atoms with Gasteiger partial charge in [0.2, 0.25) is 0 Å². The molecule has 94 valence electrons. The smallest absolute Gasteiger partial charge is 0.0607 e. The van der Waals surface area contributed by atoms with Crippen LogP contribution in [0.5, 0.6) is 0 Å². The van der Waals surface area contributed by atoms with Gasteiger partial charge in [-0.15, -0.1) is 0 Å². The Bertz CT molecular complexity index is 597. The van der Waals surface area contributed by atoms with Crippen LogP contribution in [0.25, 0.3) is 0 Å². The van der Waals surface area contributed by atoms with E-state index in [4.69, 9.17) is 58.0 Å². The van der Waals surface area contributed by atoms with E-state index in [1.54, 1.807) is 24.3 Å². The number of benzene rings is 2. The molecule has 0 aromatic heterocycles. The standard InChI is InChI=1S/C12H5Cl5S/c13-6-1-2-11(9(16)3-6)18-12-5-8(15)7(14)4-10(12)17/h1-5H. The first-order valence-electron chi connectivity index (χ1n) is 4.75. The number of hydrogen-bond donors (Lipinski definition) is 0. The molecule has 0 spiro atoms. The van der Waals surface area contributed by atoms with E-state index in [-0.39, 0.29) is 0 Å². The van der Waals surface area contributed by atoms with Crippen LogP contribution < -0.4 is 0 Å². The van der Waals surface area contributed by atoms with E-state index >= 15 is 0 Å². The van der Waals surface area contributed by atoms with E-state index in [1.807, 2.05) is 6.07 Å². The van der Waals surface area contributed by atoms with Crippen molar-refractivity contribution in [3.8, 4) is 0 Å². The number of rotatable bonds is 2. The summed E-state index contributed by atoms with van der Waals surface area (Å²) in [6.45, 7) is 0. The first-order chi connectivity index (χ1) is 8.47. The van der Waals surface area contributed by atoms with Crippen LogP contribution in [0.15, 0.2) is 40.1 Å². The summed E-state index contributed by atoms with van der Waals surface area (Å²) >= 11 is 31.3. The van der Waals surface area contributed by atoms with Crippen LogP contribution in [-0.4, -0.2) is 0 Å². The first-order valence-corrected chi connectivity index (χ1v) is 7.45. The average molecular weight is 359 g/mol. The molecule has 0 atom stereocenters. The third kappa shape index (κ3) is 3.41. The minimum absolute atomic E-state index is 0.424. The lowest BCUT2D eigenvalue weighted by molar-refractivity contribution is 1.40. The zero-order valence-electron chi connectivity index (χ0n) is 8.68. The summed E-state index contributed by atoms with van der Waals surface area (Å²) < 4.78 is 0. The molecule has 2 aromatic carbocycles. The van der Waals surface area contributed by atoms with E-state index < -0.39 is 0 Å². The Balaban J connectivity index is 2.37. The lowest BCUT2D eigenvalue weighted by atomic mass is 10.3. The molecule has 0 fully saturated rings. The van der Waals surface area contributed by atoms with Gasteiger partial charge in [-0.05, 0) is 30.3 Å². The summed E-state index contributed by atoms with van der Waals surface area (Å²) in [5.74, 6) is 0. The Morgan fingerprint density at radius 2 is 1.22 bits per heavy atom. The Hall–Kier alpha value is 0.240. The molecule has 0 heterocycles. The van der Waals surface area contributed by atoms with Gasteiger partial charge in [0.05, 0.1) is 20.1 Å². The fraction of sp³-hybridized carbons (Fsp3) is 0. The van der Waals surface area contributed by atoms with Gasteiger partial charge in [0.1, 0.15) is 0 Å². The van der Waals surface area contributed by atoms with Crippen molar-refractivity contribution >= 4 is 69.8 Å². The molecule has 0 aliphatic heterocycles. The highest BCUT2D eigenvalue weighted by molar-refractivity contribution is 7.99. The van der Waals surface area contributed by atoms with Gasteiger partial charge in [-0.3, -0.25) is 0 Å². The van der Waals surface area contributed by atoms with Gasteiger partial charge in [0.15, 0.2) is 0 Å². The molecule has 0 amide bonds. The third-order valence-corrected chi connectivity index (χ3v) is 5.03. The van der Waals surface area contributed by atoms with Gasteiger partial charge in [-0.25, -0.2) is 0 Å². The van der Waals surface area contributed by atoms with Crippen molar-refractivity contribution in [2.75, 3.05) is 0 Å². The maximum Gasteiger partial charge on any atom is 0.0607 e. The van der Waals surface area contributed by atoms with Crippen molar-refractivity contribution in [2.45, 2.75) is 9.79 Å². The maximum atomic E-state index is 6.10. The largest absolute Gasteiger partial charge is 0.0869 e. The summed E-state index contributed by atoms with van der Waals surface area (Å²) in [5.41, 5.74) is 0. The number of hydrogen-bond acceptors (Lipinski definition) is 1. The zero-order chi connectivity index (χ0) is 13.3. The molecule has 0 saturated carbocycles. The van der Waals surface area contributed by atoms with Crippen molar-refractivity contribution in [3.05, 3.63) is 55.4 Å². The summed E-state index contributed by atoms with van der Waals surface area (Å²) in [5, 5.41) is 2.56. The molecule has 0 unspecified atom stereocenters. The van der Waals surface area contributed by atoms with Crippen LogP contribution in [0.3, 0.4) is 0 Å². The van der Waals surface area contributed by atoms with Crippen LogP contribution in [-0.2, 0) is 0 Å². The van der Waals surface area contributed by atoms with Gasteiger partial charge in [-0.2, -0.15) is 0 Å². The molecular formula is C12H5Cl5S. The third-order valence-electron chi connectivity index (χ3n) is 2.09.